The summed E-state index contributed by atoms with van der Waals surface area (Å²) in [6, 6.07) is 0. The molecule has 1 saturated carbocycles. The van der Waals surface area contributed by atoms with E-state index in [-0.39, 0.29) is 12.0 Å². The van der Waals surface area contributed by atoms with Crippen molar-refractivity contribution in [3.63, 3.8) is 0 Å². The molecule has 1 N–H and O–H groups in total. The molecular weight excluding hydrogens is 274 g/mol. The van der Waals surface area contributed by atoms with Crippen molar-refractivity contribution in [3.8, 4) is 0 Å². The zero-order valence-corrected chi connectivity index (χ0v) is 13.3. The van der Waals surface area contributed by atoms with Crippen molar-refractivity contribution in [1.82, 2.24) is 4.98 Å². The third-order valence-corrected chi connectivity index (χ3v) is 5.41. The Kier molecular flexibility index (Phi) is 4.49. The van der Waals surface area contributed by atoms with Crippen LogP contribution in [0.2, 0.25) is 0 Å². The third-order valence-electron chi connectivity index (χ3n) is 4.34. The maximum Gasteiger partial charge on any atom is 0.303 e. The smallest absolute Gasteiger partial charge is 0.303 e. The van der Waals surface area contributed by atoms with Gasteiger partial charge in [-0.1, -0.05) is 13.8 Å². The lowest BCUT2D eigenvalue weighted by Crippen LogP contribution is -2.36. The van der Waals surface area contributed by atoms with E-state index in [1.54, 1.807) is 18.4 Å². The summed E-state index contributed by atoms with van der Waals surface area (Å²) in [5, 5.41) is 11.7. The summed E-state index contributed by atoms with van der Waals surface area (Å²) in [6.07, 6.45) is 4.87. The number of aromatic nitrogens is 1. The van der Waals surface area contributed by atoms with Crippen LogP contribution in [0, 0.1) is 5.41 Å². The first-order valence-corrected chi connectivity index (χ1v) is 7.97. The van der Waals surface area contributed by atoms with E-state index in [1.807, 2.05) is 5.38 Å². The van der Waals surface area contributed by atoms with Gasteiger partial charge in [-0.05, 0) is 31.1 Å². The largest absolute Gasteiger partial charge is 0.481 e. The van der Waals surface area contributed by atoms with Crippen LogP contribution in [0.15, 0.2) is 5.38 Å². The van der Waals surface area contributed by atoms with Gasteiger partial charge in [0, 0.05) is 18.9 Å². The second kappa shape index (κ2) is 5.82. The molecule has 20 heavy (non-hydrogen) atoms. The van der Waals surface area contributed by atoms with Gasteiger partial charge in [-0.15, -0.1) is 11.3 Å². The minimum Gasteiger partial charge on any atom is -0.481 e. The maximum absolute atomic E-state index is 10.6. The number of nitrogens with zero attached hydrogens (tertiary/aromatic N) is 1. The van der Waals surface area contributed by atoms with Crippen LogP contribution in [-0.2, 0) is 21.6 Å². The fraction of sp³-hybridized carbons (Fsp3) is 0.733. The highest BCUT2D eigenvalue weighted by molar-refractivity contribution is 7.09. The number of carboxylic acids is 1. The number of thiazole rings is 1. The quantitative estimate of drug-likeness (QED) is 0.902. The fourth-order valence-electron chi connectivity index (χ4n) is 2.70. The predicted octanol–water partition coefficient (Wildman–Crippen LogP) is 3.60. The Balaban J connectivity index is 2.10. The first kappa shape index (κ1) is 15.4. The number of aryl methyl sites for hydroxylation is 1. The summed E-state index contributed by atoms with van der Waals surface area (Å²) in [6.45, 7) is 4.60. The summed E-state index contributed by atoms with van der Waals surface area (Å²) < 4.78 is 5.83. The number of methoxy groups -OCH3 is 1. The van der Waals surface area contributed by atoms with Crippen molar-refractivity contribution in [2.24, 2.45) is 5.41 Å². The second-order valence-electron chi connectivity index (χ2n) is 6.40. The van der Waals surface area contributed by atoms with Gasteiger partial charge in [0.15, 0.2) is 0 Å². The molecule has 1 aromatic heterocycles. The molecule has 4 nitrogen and oxygen atoms in total. The number of carbonyl (C=O) groups is 1. The lowest BCUT2D eigenvalue weighted by atomic mass is 9.71. The number of rotatable bonds is 5. The molecule has 0 bridgehead atoms. The average Bonchev–Trinajstić information content (AvgIpc) is 2.86. The Bertz CT molecular complexity index is 471. The van der Waals surface area contributed by atoms with E-state index in [4.69, 9.17) is 9.84 Å². The molecule has 0 saturated heterocycles. The van der Waals surface area contributed by atoms with Crippen molar-refractivity contribution >= 4 is 17.3 Å². The SMILES string of the molecule is COC1(c2nc(CCC(=O)O)cs2)CCC(C)(C)CC1. The Morgan fingerprint density at radius 1 is 1.40 bits per heavy atom. The van der Waals surface area contributed by atoms with Gasteiger partial charge < -0.3 is 9.84 Å². The van der Waals surface area contributed by atoms with Gasteiger partial charge in [-0.3, -0.25) is 4.79 Å². The van der Waals surface area contributed by atoms with Crippen LogP contribution in [0.4, 0.5) is 0 Å². The fourth-order valence-corrected chi connectivity index (χ4v) is 3.79. The summed E-state index contributed by atoms with van der Waals surface area (Å²) in [5.41, 5.74) is 0.987. The average molecular weight is 297 g/mol. The van der Waals surface area contributed by atoms with E-state index in [9.17, 15) is 4.79 Å². The van der Waals surface area contributed by atoms with Crippen molar-refractivity contribution in [3.05, 3.63) is 16.1 Å². The van der Waals surface area contributed by atoms with Crippen LogP contribution < -0.4 is 0 Å². The van der Waals surface area contributed by atoms with E-state index < -0.39 is 5.97 Å². The number of hydrogen-bond acceptors (Lipinski definition) is 4. The van der Waals surface area contributed by atoms with Crippen LogP contribution in [0.5, 0.6) is 0 Å². The summed E-state index contributed by atoms with van der Waals surface area (Å²) in [5.74, 6) is -0.777. The first-order chi connectivity index (χ1) is 9.37. The minimum atomic E-state index is -0.777. The monoisotopic (exact) mass is 297 g/mol. The normalized spacial score (nSPS) is 20.8. The molecule has 0 aliphatic heterocycles. The Labute approximate surface area is 124 Å². The molecule has 1 aliphatic rings. The first-order valence-electron chi connectivity index (χ1n) is 7.09. The van der Waals surface area contributed by atoms with Crippen molar-refractivity contribution < 1.29 is 14.6 Å². The number of hydrogen-bond donors (Lipinski definition) is 1. The van der Waals surface area contributed by atoms with E-state index >= 15 is 0 Å². The summed E-state index contributed by atoms with van der Waals surface area (Å²) in [4.78, 5) is 15.2. The van der Waals surface area contributed by atoms with Gasteiger partial charge >= 0.3 is 5.97 Å². The standard InChI is InChI=1S/C15H23NO3S/c1-14(2)6-8-15(19-3,9-7-14)13-16-11(10-20-13)4-5-12(17)18/h10H,4-9H2,1-3H3,(H,17,18). The Hall–Kier alpha value is -0.940. The number of aliphatic carboxylic acids is 1. The molecule has 1 heterocycles. The molecule has 0 amide bonds. The van der Waals surface area contributed by atoms with E-state index in [2.05, 4.69) is 18.8 Å². The van der Waals surface area contributed by atoms with Crippen LogP contribution in [-0.4, -0.2) is 23.2 Å². The summed E-state index contributed by atoms with van der Waals surface area (Å²) in [7, 11) is 1.76. The molecule has 5 heteroatoms. The molecule has 112 valence electrons. The second-order valence-corrected chi connectivity index (χ2v) is 7.26. The summed E-state index contributed by atoms with van der Waals surface area (Å²) >= 11 is 1.60. The van der Waals surface area contributed by atoms with Crippen molar-refractivity contribution in [1.29, 1.82) is 0 Å². The van der Waals surface area contributed by atoms with Gasteiger partial charge in [-0.25, -0.2) is 4.98 Å². The molecule has 0 aromatic carbocycles. The molecule has 1 fully saturated rings. The lowest BCUT2D eigenvalue weighted by Gasteiger charge is -2.41. The lowest BCUT2D eigenvalue weighted by molar-refractivity contribution is -0.136. The van der Waals surface area contributed by atoms with E-state index in [0.717, 1.165) is 36.4 Å². The molecule has 1 aromatic rings. The molecule has 1 aliphatic carbocycles. The third kappa shape index (κ3) is 3.38. The minimum absolute atomic E-state index is 0.135. The maximum atomic E-state index is 10.6. The molecular formula is C15H23NO3S. The van der Waals surface area contributed by atoms with Crippen molar-refractivity contribution in [2.45, 2.75) is 58.0 Å². The highest BCUT2D eigenvalue weighted by atomic mass is 32.1. The zero-order valence-electron chi connectivity index (χ0n) is 12.4. The van der Waals surface area contributed by atoms with Gasteiger partial charge in [0.05, 0.1) is 12.1 Å². The van der Waals surface area contributed by atoms with E-state index in [1.165, 1.54) is 0 Å². The highest BCUT2D eigenvalue weighted by Crippen LogP contribution is 2.47. The van der Waals surface area contributed by atoms with E-state index in [0.29, 0.717) is 11.8 Å². The Morgan fingerprint density at radius 2 is 2.05 bits per heavy atom. The van der Waals surface area contributed by atoms with Crippen molar-refractivity contribution in [2.75, 3.05) is 7.11 Å². The molecule has 0 spiro atoms. The number of ether oxygens (including phenoxy) is 1. The molecule has 0 atom stereocenters. The van der Waals surface area contributed by atoms with Crippen LogP contribution in [0.25, 0.3) is 0 Å². The molecule has 2 rings (SSSR count). The number of carboxylic acid groups (broad SMARTS) is 1. The van der Waals surface area contributed by atoms with Crippen LogP contribution in [0.1, 0.15) is 56.7 Å². The van der Waals surface area contributed by atoms with Gasteiger partial charge in [0.1, 0.15) is 10.6 Å². The topological polar surface area (TPSA) is 59.4 Å². The van der Waals surface area contributed by atoms with Crippen LogP contribution in [0.3, 0.4) is 0 Å². The highest BCUT2D eigenvalue weighted by Gasteiger charge is 2.41. The molecule has 0 unspecified atom stereocenters. The van der Waals surface area contributed by atoms with Gasteiger partial charge in [0.2, 0.25) is 0 Å². The molecule has 0 radical (unpaired) electrons. The predicted molar refractivity (Wildman–Crippen MR) is 79.0 cm³/mol. The van der Waals surface area contributed by atoms with Gasteiger partial charge in [-0.2, -0.15) is 0 Å². The Morgan fingerprint density at radius 3 is 2.60 bits per heavy atom. The van der Waals surface area contributed by atoms with Crippen LogP contribution >= 0.6 is 11.3 Å². The van der Waals surface area contributed by atoms with Gasteiger partial charge in [0.25, 0.3) is 0 Å². The zero-order chi connectivity index (χ0) is 14.8.